The predicted molar refractivity (Wildman–Crippen MR) is 160 cm³/mol. The van der Waals surface area contributed by atoms with E-state index < -0.39 is 5.82 Å². The molecule has 2 aliphatic rings. The average molecular weight is 557 g/mol. The number of aromatic amines is 1. The lowest BCUT2D eigenvalue weighted by atomic mass is 9.96. The van der Waals surface area contributed by atoms with E-state index in [4.69, 9.17) is 5.73 Å². The Bertz CT molecular complexity index is 1650. The van der Waals surface area contributed by atoms with Gasteiger partial charge in [0.25, 0.3) is 5.91 Å². The topological polar surface area (TPSA) is 108 Å². The van der Waals surface area contributed by atoms with Crippen molar-refractivity contribution in [3.8, 4) is 11.3 Å². The SMILES string of the molecule is CC.CN1CCN(C(=O)c2cnn3c(N)cc(-c4cncc(F)c4)nc23)CC1.c1ccc2c3c([nH]c2c1)CCCC3. The molecule has 5 heterocycles. The van der Waals surface area contributed by atoms with Crippen molar-refractivity contribution in [2.45, 2.75) is 39.5 Å². The molecule has 214 valence electrons. The highest BCUT2D eigenvalue weighted by atomic mass is 19.1. The molecule has 0 unspecified atom stereocenters. The fraction of sp³-hybridized carbons (Fsp3) is 0.355. The van der Waals surface area contributed by atoms with Crippen LogP contribution in [-0.4, -0.2) is 73.5 Å². The Labute approximate surface area is 239 Å². The van der Waals surface area contributed by atoms with Crippen LogP contribution in [0.4, 0.5) is 10.2 Å². The van der Waals surface area contributed by atoms with Crippen molar-refractivity contribution in [2.75, 3.05) is 39.0 Å². The molecule has 3 N–H and O–H groups in total. The smallest absolute Gasteiger partial charge is 0.259 e. The maximum absolute atomic E-state index is 13.5. The number of nitrogen functional groups attached to an aromatic ring is 1. The van der Waals surface area contributed by atoms with E-state index >= 15 is 0 Å². The molecular weight excluding hydrogens is 519 g/mol. The zero-order chi connectivity index (χ0) is 28.9. The van der Waals surface area contributed by atoms with Gasteiger partial charge in [0, 0.05) is 60.6 Å². The molecule has 10 heteroatoms. The van der Waals surface area contributed by atoms with E-state index in [1.807, 2.05) is 20.9 Å². The number of amides is 1. The molecule has 9 nitrogen and oxygen atoms in total. The number of pyridine rings is 1. The Balaban J connectivity index is 0.000000187. The van der Waals surface area contributed by atoms with Gasteiger partial charge in [-0.05, 0) is 50.4 Å². The fourth-order valence-electron chi connectivity index (χ4n) is 5.38. The molecule has 4 aromatic heterocycles. The molecule has 0 spiro atoms. The van der Waals surface area contributed by atoms with Crippen molar-refractivity contribution in [3.05, 3.63) is 77.6 Å². The molecule has 1 aliphatic heterocycles. The number of hydrogen-bond donors (Lipinski definition) is 2. The lowest BCUT2D eigenvalue weighted by molar-refractivity contribution is 0.0666. The van der Waals surface area contributed by atoms with Crippen molar-refractivity contribution in [1.29, 1.82) is 0 Å². The van der Waals surface area contributed by atoms with Gasteiger partial charge >= 0.3 is 0 Å². The molecular formula is C31H37FN8O. The second-order valence-electron chi connectivity index (χ2n) is 10.2. The van der Waals surface area contributed by atoms with Gasteiger partial charge in [0.05, 0.1) is 18.1 Å². The van der Waals surface area contributed by atoms with Crippen LogP contribution >= 0.6 is 0 Å². The standard InChI is InChI=1S/C17H18FN7O.C12H13N.C2H6/c1-23-2-4-24(5-3-23)17(26)13-10-21-25-15(19)7-14(22-16(13)25)11-6-12(18)9-20-8-11;1-3-7-11-9(5-1)10-6-2-4-8-12(10)13-11;1-2/h6-10H,2-5,19H2,1H3;1,3,5,7,13H,2,4,6,8H2;1-2H3. The Morgan fingerprint density at radius 2 is 1.76 bits per heavy atom. The molecule has 0 atom stereocenters. The summed E-state index contributed by atoms with van der Waals surface area (Å²) in [5.41, 5.74) is 12.1. The molecule has 1 fully saturated rings. The van der Waals surface area contributed by atoms with Crippen LogP contribution in [0.15, 0.2) is 55.0 Å². The Morgan fingerprint density at radius 1 is 1.00 bits per heavy atom. The summed E-state index contributed by atoms with van der Waals surface area (Å²) in [6, 6.07) is 11.5. The number of para-hydroxylation sites is 1. The van der Waals surface area contributed by atoms with Crippen LogP contribution in [0.3, 0.4) is 0 Å². The van der Waals surface area contributed by atoms with E-state index in [9.17, 15) is 9.18 Å². The highest BCUT2D eigenvalue weighted by Crippen LogP contribution is 2.28. The van der Waals surface area contributed by atoms with E-state index in [0.717, 1.165) is 19.3 Å². The minimum Gasteiger partial charge on any atom is -0.384 e. The van der Waals surface area contributed by atoms with Gasteiger partial charge in [0.1, 0.15) is 17.2 Å². The number of carbonyl (C=O) groups is 1. The number of halogens is 1. The van der Waals surface area contributed by atoms with Crippen LogP contribution in [0, 0.1) is 5.82 Å². The zero-order valence-corrected chi connectivity index (χ0v) is 23.9. The molecule has 5 aromatic rings. The number of carbonyl (C=O) groups excluding carboxylic acids is 1. The molecule has 1 aliphatic carbocycles. The maximum Gasteiger partial charge on any atom is 0.259 e. The number of piperazine rings is 1. The van der Waals surface area contributed by atoms with Gasteiger partial charge in [-0.25, -0.2) is 9.37 Å². The number of aryl methyl sites for hydroxylation is 2. The summed E-state index contributed by atoms with van der Waals surface area (Å²) in [7, 11) is 2.03. The van der Waals surface area contributed by atoms with E-state index in [1.165, 1.54) is 65.3 Å². The van der Waals surface area contributed by atoms with Gasteiger partial charge in [-0.15, -0.1) is 0 Å². The third kappa shape index (κ3) is 5.92. The first-order chi connectivity index (χ1) is 20.0. The van der Waals surface area contributed by atoms with Crippen LogP contribution in [0.2, 0.25) is 0 Å². The number of nitrogens with two attached hydrogens (primary N) is 1. The van der Waals surface area contributed by atoms with Crippen LogP contribution in [0.5, 0.6) is 0 Å². The van der Waals surface area contributed by atoms with Gasteiger partial charge < -0.3 is 20.5 Å². The third-order valence-electron chi connectivity index (χ3n) is 7.53. The number of benzene rings is 1. The minimum atomic E-state index is -0.468. The predicted octanol–water partition coefficient (Wildman–Crippen LogP) is 4.97. The second kappa shape index (κ2) is 12.5. The zero-order valence-electron chi connectivity index (χ0n) is 23.9. The highest BCUT2D eigenvalue weighted by Gasteiger charge is 2.24. The van der Waals surface area contributed by atoms with E-state index in [1.54, 1.807) is 16.5 Å². The van der Waals surface area contributed by atoms with Crippen molar-refractivity contribution >= 4 is 28.3 Å². The number of likely N-dealkylation sites (N-methyl/N-ethyl adjacent to an activating group) is 1. The summed E-state index contributed by atoms with van der Waals surface area (Å²) >= 11 is 0. The van der Waals surface area contributed by atoms with Crippen molar-refractivity contribution in [2.24, 2.45) is 0 Å². The highest BCUT2D eigenvalue weighted by molar-refractivity contribution is 6.00. The number of nitrogens with one attached hydrogen (secondary N) is 1. The quantitative estimate of drug-likeness (QED) is 0.318. The van der Waals surface area contributed by atoms with E-state index in [0.29, 0.717) is 41.4 Å². The lowest BCUT2D eigenvalue weighted by Crippen LogP contribution is -2.47. The normalized spacial score (nSPS) is 15.1. The molecule has 1 amide bonds. The average Bonchev–Trinajstić information content (AvgIpc) is 3.61. The third-order valence-corrected chi connectivity index (χ3v) is 7.53. The molecule has 0 radical (unpaired) electrons. The number of H-pyrrole nitrogens is 1. The van der Waals surface area contributed by atoms with Gasteiger partial charge in [-0.2, -0.15) is 9.61 Å². The molecule has 7 rings (SSSR count). The molecule has 1 saturated heterocycles. The minimum absolute atomic E-state index is 0.130. The van der Waals surface area contributed by atoms with Crippen LogP contribution in [0.1, 0.15) is 48.3 Å². The monoisotopic (exact) mass is 556 g/mol. The van der Waals surface area contributed by atoms with Crippen molar-refractivity contribution in [1.82, 2.24) is 34.4 Å². The number of aromatic nitrogens is 5. The number of nitrogens with zero attached hydrogens (tertiary/aromatic N) is 6. The summed E-state index contributed by atoms with van der Waals surface area (Å²) in [6.07, 6.45) is 9.30. The molecule has 0 bridgehead atoms. The van der Waals surface area contributed by atoms with Crippen molar-refractivity contribution < 1.29 is 9.18 Å². The van der Waals surface area contributed by atoms with E-state index in [-0.39, 0.29) is 5.91 Å². The fourth-order valence-corrected chi connectivity index (χ4v) is 5.38. The Kier molecular flexibility index (Phi) is 8.58. The summed E-state index contributed by atoms with van der Waals surface area (Å²) in [5, 5.41) is 5.62. The van der Waals surface area contributed by atoms with Crippen LogP contribution < -0.4 is 5.73 Å². The van der Waals surface area contributed by atoms with Gasteiger partial charge in [0.2, 0.25) is 0 Å². The number of rotatable bonds is 2. The van der Waals surface area contributed by atoms with Crippen molar-refractivity contribution in [3.63, 3.8) is 0 Å². The van der Waals surface area contributed by atoms with Gasteiger partial charge in [-0.1, -0.05) is 32.0 Å². The maximum atomic E-state index is 13.5. The second-order valence-corrected chi connectivity index (χ2v) is 10.2. The molecule has 0 saturated carbocycles. The largest absolute Gasteiger partial charge is 0.384 e. The Hall–Kier alpha value is -4.31. The summed E-state index contributed by atoms with van der Waals surface area (Å²) in [5.74, 6) is -0.286. The number of hydrogen-bond acceptors (Lipinski definition) is 6. The van der Waals surface area contributed by atoms with Crippen LogP contribution in [-0.2, 0) is 12.8 Å². The van der Waals surface area contributed by atoms with Crippen LogP contribution in [0.25, 0.3) is 27.8 Å². The molecule has 41 heavy (non-hydrogen) atoms. The Morgan fingerprint density at radius 3 is 2.54 bits per heavy atom. The first-order valence-corrected chi connectivity index (χ1v) is 14.3. The molecule has 1 aromatic carbocycles. The number of fused-ring (bicyclic) bond motifs is 4. The van der Waals surface area contributed by atoms with Gasteiger partial charge in [-0.3, -0.25) is 9.78 Å². The first-order valence-electron chi connectivity index (χ1n) is 14.3. The van der Waals surface area contributed by atoms with E-state index in [2.05, 4.69) is 49.2 Å². The number of anilines is 1. The summed E-state index contributed by atoms with van der Waals surface area (Å²) < 4.78 is 14.9. The van der Waals surface area contributed by atoms with Gasteiger partial charge in [0.15, 0.2) is 5.65 Å². The summed E-state index contributed by atoms with van der Waals surface area (Å²) in [4.78, 5) is 28.7. The lowest BCUT2D eigenvalue weighted by Gasteiger charge is -2.32. The first kappa shape index (κ1) is 28.2. The summed E-state index contributed by atoms with van der Waals surface area (Å²) in [6.45, 7) is 6.94.